The van der Waals surface area contributed by atoms with Crippen molar-refractivity contribution in [1.29, 1.82) is 0 Å². The molecular weight excluding hydrogens is 268 g/mol. The Bertz CT molecular complexity index is 478. The summed E-state index contributed by atoms with van der Waals surface area (Å²) in [5, 5.41) is 6.38. The van der Waals surface area contributed by atoms with Crippen molar-refractivity contribution in [3.8, 4) is 0 Å². The quantitative estimate of drug-likeness (QED) is 0.844. The van der Waals surface area contributed by atoms with Crippen LogP contribution in [0.25, 0.3) is 0 Å². The van der Waals surface area contributed by atoms with E-state index >= 15 is 0 Å². The second-order valence-electron chi connectivity index (χ2n) is 5.50. The first-order valence-electron chi connectivity index (χ1n) is 7.28. The number of carbonyl (C=O) groups is 1. The number of benzene rings is 1. The zero-order valence-electron chi connectivity index (χ0n) is 12.6. The normalized spacial score (nSPS) is 16.4. The molecule has 0 heterocycles. The number of hydrogen-bond donors (Lipinski definition) is 2. The Labute approximate surface area is 125 Å². The summed E-state index contributed by atoms with van der Waals surface area (Å²) in [6.45, 7) is 5.64. The minimum atomic E-state index is 0.0324. The van der Waals surface area contributed by atoms with Crippen LogP contribution in [0.5, 0.6) is 0 Å². The Hall–Kier alpha value is -1.16. The summed E-state index contributed by atoms with van der Waals surface area (Å²) >= 11 is 1.88. The van der Waals surface area contributed by atoms with Crippen LogP contribution in [-0.4, -0.2) is 30.0 Å². The lowest BCUT2D eigenvalue weighted by atomic mass is 9.84. The molecule has 1 aromatic rings. The molecule has 0 unspecified atom stereocenters. The van der Waals surface area contributed by atoms with Crippen molar-refractivity contribution >= 4 is 23.4 Å². The molecule has 0 aromatic heterocycles. The Kier molecular flexibility index (Phi) is 4.97. The molecule has 2 rings (SSSR count). The fraction of sp³-hybridized carbons (Fsp3) is 0.562. The van der Waals surface area contributed by atoms with Gasteiger partial charge in [0.15, 0.2) is 0 Å². The summed E-state index contributed by atoms with van der Waals surface area (Å²) in [6, 6.07) is 5.98. The SMILES string of the molecule is CCNc1ccc(C)cc1C(=O)NCC1(SC)CCC1. The summed E-state index contributed by atoms with van der Waals surface area (Å²) in [7, 11) is 0. The summed E-state index contributed by atoms with van der Waals surface area (Å²) < 4.78 is 0.276. The number of anilines is 1. The minimum absolute atomic E-state index is 0.0324. The van der Waals surface area contributed by atoms with Gasteiger partial charge in [-0.3, -0.25) is 4.79 Å². The number of amides is 1. The summed E-state index contributed by atoms with van der Waals surface area (Å²) in [5.41, 5.74) is 2.78. The molecule has 0 aliphatic heterocycles. The molecule has 0 spiro atoms. The van der Waals surface area contributed by atoms with Crippen LogP contribution in [-0.2, 0) is 0 Å². The smallest absolute Gasteiger partial charge is 0.253 e. The van der Waals surface area contributed by atoms with Crippen molar-refractivity contribution < 1.29 is 4.79 Å². The number of hydrogen-bond acceptors (Lipinski definition) is 3. The highest BCUT2D eigenvalue weighted by Crippen LogP contribution is 2.42. The fourth-order valence-electron chi connectivity index (χ4n) is 2.55. The van der Waals surface area contributed by atoms with E-state index in [1.54, 1.807) is 0 Å². The van der Waals surface area contributed by atoms with E-state index in [2.05, 4.69) is 16.9 Å². The van der Waals surface area contributed by atoms with Crippen molar-refractivity contribution in [2.45, 2.75) is 37.9 Å². The van der Waals surface area contributed by atoms with Crippen LogP contribution >= 0.6 is 11.8 Å². The first-order chi connectivity index (χ1) is 9.60. The second-order valence-corrected chi connectivity index (χ2v) is 6.78. The van der Waals surface area contributed by atoms with E-state index in [9.17, 15) is 4.79 Å². The van der Waals surface area contributed by atoms with Crippen LogP contribution in [0, 0.1) is 6.92 Å². The highest BCUT2D eigenvalue weighted by atomic mass is 32.2. The molecule has 1 saturated carbocycles. The Morgan fingerprint density at radius 3 is 2.70 bits per heavy atom. The van der Waals surface area contributed by atoms with Gasteiger partial charge in [0.2, 0.25) is 0 Å². The Morgan fingerprint density at radius 1 is 1.40 bits per heavy atom. The highest BCUT2D eigenvalue weighted by molar-refractivity contribution is 8.00. The fourth-order valence-corrected chi connectivity index (χ4v) is 3.46. The van der Waals surface area contributed by atoms with Gasteiger partial charge in [-0.25, -0.2) is 0 Å². The predicted molar refractivity (Wildman–Crippen MR) is 87.8 cm³/mol. The van der Waals surface area contributed by atoms with E-state index < -0.39 is 0 Å². The van der Waals surface area contributed by atoms with Crippen molar-refractivity contribution in [1.82, 2.24) is 5.32 Å². The van der Waals surface area contributed by atoms with Crippen molar-refractivity contribution in [3.63, 3.8) is 0 Å². The van der Waals surface area contributed by atoms with Crippen LogP contribution in [0.4, 0.5) is 5.69 Å². The third-order valence-corrected chi connectivity index (χ3v) is 5.47. The number of nitrogens with one attached hydrogen (secondary N) is 2. The number of thioether (sulfide) groups is 1. The summed E-state index contributed by atoms with van der Waals surface area (Å²) in [4.78, 5) is 12.4. The molecule has 0 saturated heterocycles. The van der Waals surface area contributed by atoms with Crippen LogP contribution in [0.2, 0.25) is 0 Å². The van der Waals surface area contributed by atoms with Gasteiger partial charge in [-0.1, -0.05) is 18.1 Å². The molecule has 110 valence electrons. The molecule has 1 aliphatic rings. The maximum Gasteiger partial charge on any atom is 0.253 e. The molecule has 1 amide bonds. The lowest BCUT2D eigenvalue weighted by molar-refractivity contribution is 0.0944. The third kappa shape index (κ3) is 3.29. The molecular formula is C16H24N2OS. The van der Waals surface area contributed by atoms with Crippen molar-refractivity contribution in [2.24, 2.45) is 0 Å². The molecule has 3 nitrogen and oxygen atoms in total. The first-order valence-corrected chi connectivity index (χ1v) is 8.50. The Morgan fingerprint density at radius 2 is 2.15 bits per heavy atom. The molecule has 0 radical (unpaired) electrons. The highest BCUT2D eigenvalue weighted by Gasteiger charge is 2.36. The molecule has 1 aliphatic carbocycles. The lowest BCUT2D eigenvalue weighted by Crippen LogP contribution is -2.45. The van der Waals surface area contributed by atoms with Gasteiger partial charge in [0, 0.05) is 23.5 Å². The molecule has 1 aromatic carbocycles. The monoisotopic (exact) mass is 292 g/mol. The van der Waals surface area contributed by atoms with Crippen molar-refractivity contribution in [2.75, 3.05) is 24.7 Å². The van der Waals surface area contributed by atoms with Gasteiger partial charge in [0.1, 0.15) is 0 Å². The second kappa shape index (κ2) is 6.53. The van der Waals surface area contributed by atoms with Gasteiger partial charge in [0.05, 0.1) is 5.56 Å². The van der Waals surface area contributed by atoms with Gasteiger partial charge >= 0.3 is 0 Å². The first kappa shape index (κ1) is 15.2. The van der Waals surface area contributed by atoms with Crippen molar-refractivity contribution in [3.05, 3.63) is 29.3 Å². The van der Waals surface area contributed by atoms with Gasteiger partial charge in [-0.2, -0.15) is 11.8 Å². The number of rotatable bonds is 6. The maximum absolute atomic E-state index is 12.4. The third-order valence-electron chi connectivity index (χ3n) is 4.06. The average molecular weight is 292 g/mol. The van der Waals surface area contributed by atoms with Crippen LogP contribution in [0.3, 0.4) is 0 Å². The van der Waals surface area contributed by atoms with Gasteiger partial charge < -0.3 is 10.6 Å². The van der Waals surface area contributed by atoms with Crippen LogP contribution < -0.4 is 10.6 Å². The van der Waals surface area contributed by atoms with E-state index in [1.807, 2.05) is 43.8 Å². The van der Waals surface area contributed by atoms with Gasteiger partial charge in [0.25, 0.3) is 5.91 Å². The topological polar surface area (TPSA) is 41.1 Å². The molecule has 1 fully saturated rings. The van der Waals surface area contributed by atoms with Crippen LogP contribution in [0.15, 0.2) is 18.2 Å². The van der Waals surface area contributed by atoms with E-state index in [4.69, 9.17) is 0 Å². The van der Waals surface area contributed by atoms with E-state index in [0.717, 1.165) is 29.9 Å². The van der Waals surface area contributed by atoms with Gasteiger partial charge in [-0.05, 0) is 45.1 Å². The lowest BCUT2D eigenvalue weighted by Gasteiger charge is -2.40. The molecule has 4 heteroatoms. The predicted octanol–water partition coefficient (Wildman–Crippen LogP) is 3.44. The van der Waals surface area contributed by atoms with Gasteiger partial charge in [-0.15, -0.1) is 0 Å². The van der Waals surface area contributed by atoms with E-state index in [0.29, 0.717) is 0 Å². The molecule has 0 bridgehead atoms. The van der Waals surface area contributed by atoms with E-state index in [-0.39, 0.29) is 10.7 Å². The largest absolute Gasteiger partial charge is 0.385 e. The Balaban J connectivity index is 2.06. The average Bonchev–Trinajstić information content (AvgIpc) is 2.40. The molecule has 2 N–H and O–H groups in total. The minimum Gasteiger partial charge on any atom is -0.385 e. The molecule has 20 heavy (non-hydrogen) atoms. The van der Waals surface area contributed by atoms with Crippen LogP contribution in [0.1, 0.15) is 42.1 Å². The standard InChI is InChI=1S/C16H24N2OS/c1-4-17-14-7-6-12(2)10-13(14)15(19)18-11-16(20-3)8-5-9-16/h6-7,10,17H,4-5,8-9,11H2,1-3H3,(H,18,19). The van der Waals surface area contributed by atoms with E-state index in [1.165, 1.54) is 19.3 Å². The summed E-state index contributed by atoms with van der Waals surface area (Å²) in [5.74, 6) is 0.0324. The number of aryl methyl sites for hydroxylation is 1. The maximum atomic E-state index is 12.4. The summed E-state index contributed by atoms with van der Waals surface area (Å²) in [6.07, 6.45) is 5.84. The zero-order valence-corrected chi connectivity index (χ0v) is 13.4. The zero-order chi connectivity index (χ0) is 14.6. The molecule has 0 atom stereocenters. The number of carbonyl (C=O) groups excluding carboxylic acids is 1.